The number of aryl methyl sites for hydroxylation is 1. The molecule has 0 atom stereocenters. The van der Waals surface area contributed by atoms with Gasteiger partial charge < -0.3 is 4.42 Å². The van der Waals surface area contributed by atoms with Gasteiger partial charge in [-0.25, -0.2) is 4.98 Å². The summed E-state index contributed by atoms with van der Waals surface area (Å²) in [5, 5.41) is 0. The second kappa shape index (κ2) is 12.9. The highest BCUT2D eigenvalue weighted by Gasteiger charge is 2.05. The molecule has 2 aromatic rings. The lowest BCUT2D eigenvalue weighted by atomic mass is 10.0. The van der Waals surface area contributed by atoms with Gasteiger partial charge in [0.1, 0.15) is 0 Å². The predicted octanol–water partition coefficient (Wildman–Crippen LogP) is 7.25. The van der Waals surface area contributed by atoms with E-state index in [0.29, 0.717) is 0 Å². The molecule has 0 saturated heterocycles. The van der Waals surface area contributed by atoms with Crippen LogP contribution in [0.4, 0.5) is 0 Å². The Bertz CT molecular complexity index is 531. The number of pyridine rings is 1. The van der Waals surface area contributed by atoms with Crippen molar-refractivity contribution in [3.05, 3.63) is 24.2 Å². The third-order valence-corrected chi connectivity index (χ3v) is 4.95. The van der Waals surface area contributed by atoms with Crippen molar-refractivity contribution in [1.29, 1.82) is 0 Å². The first-order chi connectivity index (χ1) is 12.4. The van der Waals surface area contributed by atoms with E-state index in [9.17, 15) is 0 Å². The van der Waals surface area contributed by atoms with Crippen LogP contribution in [-0.4, -0.2) is 9.97 Å². The van der Waals surface area contributed by atoms with Crippen LogP contribution in [0.5, 0.6) is 0 Å². The van der Waals surface area contributed by atoms with E-state index < -0.39 is 0 Å². The smallest absolute Gasteiger partial charge is 0.198 e. The van der Waals surface area contributed by atoms with Crippen LogP contribution in [0.15, 0.2) is 22.7 Å². The molecular formula is C22H36N2O. The maximum Gasteiger partial charge on any atom is 0.198 e. The fourth-order valence-electron chi connectivity index (χ4n) is 3.39. The van der Waals surface area contributed by atoms with Gasteiger partial charge in [0.25, 0.3) is 0 Å². The second-order valence-corrected chi connectivity index (χ2v) is 7.28. The Morgan fingerprint density at radius 3 is 1.88 bits per heavy atom. The monoisotopic (exact) mass is 344 g/mol. The summed E-state index contributed by atoms with van der Waals surface area (Å²) in [4.78, 5) is 8.65. The number of rotatable bonds is 15. The van der Waals surface area contributed by atoms with E-state index in [0.717, 1.165) is 23.5 Å². The third-order valence-electron chi connectivity index (χ3n) is 4.95. The zero-order valence-corrected chi connectivity index (χ0v) is 16.1. The molecule has 0 bridgehead atoms. The highest BCUT2D eigenvalue weighted by molar-refractivity contribution is 5.66. The number of hydrogen-bond donors (Lipinski definition) is 0. The summed E-state index contributed by atoms with van der Waals surface area (Å²) < 4.78 is 5.71. The highest BCUT2D eigenvalue weighted by atomic mass is 16.3. The first-order valence-corrected chi connectivity index (χ1v) is 10.6. The van der Waals surface area contributed by atoms with Crippen LogP contribution in [0.25, 0.3) is 11.2 Å². The number of nitrogens with zero attached hydrogens (tertiary/aromatic N) is 2. The van der Waals surface area contributed by atoms with Gasteiger partial charge in [-0.1, -0.05) is 90.4 Å². The Hall–Kier alpha value is -1.38. The van der Waals surface area contributed by atoms with E-state index >= 15 is 0 Å². The van der Waals surface area contributed by atoms with Crippen LogP contribution in [0.3, 0.4) is 0 Å². The highest BCUT2D eigenvalue weighted by Crippen LogP contribution is 2.16. The summed E-state index contributed by atoms with van der Waals surface area (Å²) in [5.41, 5.74) is 1.55. The number of aromatic nitrogens is 2. The Morgan fingerprint density at radius 1 is 0.760 bits per heavy atom. The molecule has 0 saturated carbocycles. The molecule has 2 aromatic heterocycles. The van der Waals surface area contributed by atoms with E-state index in [1.54, 1.807) is 6.20 Å². The van der Waals surface area contributed by atoms with Gasteiger partial charge in [-0.2, -0.15) is 4.98 Å². The molecule has 0 amide bonds. The lowest BCUT2D eigenvalue weighted by molar-refractivity contribution is 0.500. The molecular weight excluding hydrogens is 308 g/mol. The molecule has 0 N–H and O–H groups in total. The quantitative estimate of drug-likeness (QED) is 0.319. The molecule has 2 heterocycles. The summed E-state index contributed by atoms with van der Waals surface area (Å²) >= 11 is 0. The van der Waals surface area contributed by atoms with Gasteiger partial charge in [0.2, 0.25) is 0 Å². The van der Waals surface area contributed by atoms with Crippen LogP contribution < -0.4 is 0 Å². The van der Waals surface area contributed by atoms with Crippen LogP contribution >= 0.6 is 0 Å². The third kappa shape index (κ3) is 8.51. The van der Waals surface area contributed by atoms with Gasteiger partial charge in [0.15, 0.2) is 17.1 Å². The van der Waals surface area contributed by atoms with E-state index in [4.69, 9.17) is 4.42 Å². The first-order valence-electron chi connectivity index (χ1n) is 10.6. The number of unbranched alkanes of at least 4 members (excludes halogenated alkanes) is 13. The van der Waals surface area contributed by atoms with Crippen molar-refractivity contribution in [3.8, 4) is 0 Å². The Kier molecular flexibility index (Phi) is 10.3. The van der Waals surface area contributed by atoms with E-state index in [1.807, 2.05) is 12.1 Å². The van der Waals surface area contributed by atoms with Crippen LogP contribution in [-0.2, 0) is 6.42 Å². The molecule has 0 aromatic carbocycles. The normalized spacial score (nSPS) is 11.4. The molecule has 0 aliphatic rings. The summed E-state index contributed by atoms with van der Waals surface area (Å²) in [7, 11) is 0. The zero-order chi connectivity index (χ0) is 17.6. The molecule has 0 aliphatic heterocycles. The Labute approximate surface area is 153 Å². The molecule has 2 rings (SSSR count). The SMILES string of the molecule is CCCCCCCCCCCCCCCCc1nc2ncccc2o1. The fraction of sp³-hybridized carbons (Fsp3) is 0.727. The summed E-state index contributed by atoms with van der Waals surface area (Å²) in [6.07, 6.45) is 22.1. The molecule has 0 aliphatic carbocycles. The molecule has 0 fully saturated rings. The molecule has 3 nitrogen and oxygen atoms in total. The van der Waals surface area contributed by atoms with Gasteiger partial charge in [0, 0.05) is 12.6 Å². The van der Waals surface area contributed by atoms with Gasteiger partial charge in [-0.3, -0.25) is 0 Å². The number of oxazole rings is 1. The minimum Gasteiger partial charge on any atom is -0.439 e. The molecule has 25 heavy (non-hydrogen) atoms. The molecule has 140 valence electrons. The van der Waals surface area contributed by atoms with Gasteiger partial charge >= 0.3 is 0 Å². The first kappa shape index (κ1) is 19.9. The van der Waals surface area contributed by atoms with Crippen LogP contribution in [0.1, 0.15) is 103 Å². The van der Waals surface area contributed by atoms with Crippen molar-refractivity contribution in [1.82, 2.24) is 9.97 Å². The number of fused-ring (bicyclic) bond motifs is 1. The van der Waals surface area contributed by atoms with Crippen molar-refractivity contribution in [2.75, 3.05) is 0 Å². The van der Waals surface area contributed by atoms with Crippen LogP contribution in [0, 0.1) is 0 Å². The minimum absolute atomic E-state index is 0.739. The average molecular weight is 345 g/mol. The van der Waals surface area contributed by atoms with Crippen molar-refractivity contribution in [2.45, 2.75) is 103 Å². The summed E-state index contributed by atoms with van der Waals surface area (Å²) in [6, 6.07) is 3.83. The Balaban J connectivity index is 1.36. The zero-order valence-electron chi connectivity index (χ0n) is 16.1. The lowest BCUT2D eigenvalue weighted by Gasteiger charge is -2.03. The predicted molar refractivity (Wildman–Crippen MR) is 106 cm³/mol. The van der Waals surface area contributed by atoms with E-state index in [1.165, 1.54) is 89.9 Å². The maximum atomic E-state index is 5.71. The van der Waals surface area contributed by atoms with E-state index in [2.05, 4.69) is 16.9 Å². The van der Waals surface area contributed by atoms with Gasteiger partial charge in [-0.15, -0.1) is 0 Å². The van der Waals surface area contributed by atoms with Crippen molar-refractivity contribution in [2.24, 2.45) is 0 Å². The van der Waals surface area contributed by atoms with E-state index in [-0.39, 0.29) is 0 Å². The standard InChI is InChI=1S/C22H36N2O/c1-2-3-4-5-6-7-8-9-10-11-12-13-14-15-18-21-24-22-20(25-21)17-16-19-23-22/h16-17,19H,2-15,18H2,1H3. The molecule has 3 heteroatoms. The van der Waals surface area contributed by atoms with Crippen molar-refractivity contribution in [3.63, 3.8) is 0 Å². The lowest BCUT2D eigenvalue weighted by Crippen LogP contribution is -1.87. The van der Waals surface area contributed by atoms with Crippen molar-refractivity contribution >= 4 is 11.2 Å². The summed E-state index contributed by atoms with van der Waals surface area (Å²) in [5.74, 6) is 0.840. The van der Waals surface area contributed by atoms with Gasteiger partial charge in [0.05, 0.1) is 0 Å². The average Bonchev–Trinajstić information content (AvgIpc) is 3.05. The Morgan fingerprint density at radius 2 is 1.32 bits per heavy atom. The van der Waals surface area contributed by atoms with Crippen LogP contribution in [0.2, 0.25) is 0 Å². The fourth-order valence-corrected chi connectivity index (χ4v) is 3.39. The second-order valence-electron chi connectivity index (χ2n) is 7.28. The maximum absolute atomic E-state index is 5.71. The van der Waals surface area contributed by atoms with Gasteiger partial charge in [-0.05, 0) is 18.6 Å². The number of hydrogen-bond acceptors (Lipinski definition) is 3. The summed E-state index contributed by atoms with van der Waals surface area (Å²) in [6.45, 7) is 2.28. The van der Waals surface area contributed by atoms with Crippen molar-refractivity contribution < 1.29 is 4.42 Å². The topological polar surface area (TPSA) is 38.9 Å². The molecule has 0 unspecified atom stereocenters. The minimum atomic E-state index is 0.739. The molecule has 0 spiro atoms. The largest absolute Gasteiger partial charge is 0.439 e. The molecule has 0 radical (unpaired) electrons.